The molecule has 0 bridgehead atoms. The summed E-state index contributed by atoms with van der Waals surface area (Å²) in [4.78, 5) is 25.8. The molecule has 2 aromatic rings. The third-order valence-corrected chi connectivity index (χ3v) is 6.51. The number of hydrogen-bond donors (Lipinski definition) is 1. The van der Waals surface area contributed by atoms with Gasteiger partial charge in [-0.25, -0.2) is 13.2 Å². The molecule has 1 fully saturated rings. The molecule has 1 N–H and O–H groups in total. The molecule has 11 heteroatoms. The lowest BCUT2D eigenvalue weighted by Crippen LogP contribution is -2.50. The molecule has 0 unspecified atom stereocenters. The minimum Gasteiger partial charge on any atom is -0.462 e. The lowest BCUT2D eigenvalue weighted by molar-refractivity contribution is -0.117. The zero-order chi connectivity index (χ0) is 21.7. The van der Waals surface area contributed by atoms with Crippen LogP contribution in [-0.4, -0.2) is 74.0 Å². The molecule has 1 aromatic carbocycles. The second-order valence-corrected chi connectivity index (χ2v) is 8.74. The number of aromatic nitrogens is 1. The maximum Gasteiger partial charge on any atom is 0.338 e. The Bertz CT molecular complexity index is 994. The largest absolute Gasteiger partial charge is 0.462 e. The standard InChI is InChI=1S/C19H24N4O6S/c1-3-28-19(25)15-4-6-16(7-5-15)30(26,27)23-10-8-22(9-11-23)13-17(24)20-18-12-14(2)21-29-18/h4-7,12H,3,8-11,13H2,1-2H3,(H,20,24). The van der Waals surface area contributed by atoms with Crippen molar-refractivity contribution in [3.8, 4) is 0 Å². The number of nitrogens with zero attached hydrogens (tertiary/aromatic N) is 3. The number of nitrogens with one attached hydrogen (secondary N) is 1. The summed E-state index contributed by atoms with van der Waals surface area (Å²) >= 11 is 0. The summed E-state index contributed by atoms with van der Waals surface area (Å²) in [6.07, 6.45) is 0. The summed E-state index contributed by atoms with van der Waals surface area (Å²) in [5.41, 5.74) is 0.966. The van der Waals surface area contributed by atoms with Gasteiger partial charge in [0, 0.05) is 32.2 Å². The Morgan fingerprint density at radius 2 is 1.83 bits per heavy atom. The molecule has 162 valence electrons. The normalized spacial score (nSPS) is 15.7. The number of benzene rings is 1. The number of anilines is 1. The molecule has 1 aromatic heterocycles. The van der Waals surface area contributed by atoms with Crippen LogP contribution in [0.15, 0.2) is 39.8 Å². The molecule has 0 atom stereocenters. The van der Waals surface area contributed by atoms with Gasteiger partial charge in [-0.1, -0.05) is 5.16 Å². The number of amides is 1. The van der Waals surface area contributed by atoms with E-state index < -0.39 is 16.0 Å². The number of ether oxygens (including phenoxy) is 1. The van der Waals surface area contributed by atoms with Gasteiger partial charge in [-0.3, -0.25) is 15.0 Å². The molecule has 30 heavy (non-hydrogen) atoms. The van der Waals surface area contributed by atoms with Gasteiger partial charge in [-0.05, 0) is 38.1 Å². The zero-order valence-electron chi connectivity index (χ0n) is 16.8. The van der Waals surface area contributed by atoms with Gasteiger partial charge in [-0.15, -0.1) is 0 Å². The molecule has 0 radical (unpaired) electrons. The molecule has 1 saturated heterocycles. The Hall–Kier alpha value is -2.76. The molecule has 0 spiro atoms. The van der Waals surface area contributed by atoms with E-state index in [0.29, 0.717) is 24.3 Å². The molecule has 3 rings (SSSR count). The van der Waals surface area contributed by atoms with E-state index in [1.807, 2.05) is 4.90 Å². The van der Waals surface area contributed by atoms with Crippen molar-refractivity contribution in [1.29, 1.82) is 0 Å². The highest BCUT2D eigenvalue weighted by Gasteiger charge is 2.29. The van der Waals surface area contributed by atoms with Crippen LogP contribution >= 0.6 is 0 Å². The quantitative estimate of drug-likeness (QED) is 0.641. The number of carbonyl (C=O) groups excluding carboxylic acids is 2. The predicted octanol–water partition coefficient (Wildman–Crippen LogP) is 1.10. The van der Waals surface area contributed by atoms with E-state index in [4.69, 9.17) is 9.26 Å². The number of carbonyl (C=O) groups is 2. The van der Waals surface area contributed by atoms with Crippen LogP contribution in [0.2, 0.25) is 0 Å². The maximum atomic E-state index is 12.9. The van der Waals surface area contributed by atoms with Crippen molar-refractivity contribution in [1.82, 2.24) is 14.4 Å². The van der Waals surface area contributed by atoms with Crippen LogP contribution in [0.4, 0.5) is 5.88 Å². The minimum absolute atomic E-state index is 0.113. The van der Waals surface area contributed by atoms with Crippen LogP contribution in [0.25, 0.3) is 0 Å². The fourth-order valence-corrected chi connectivity index (χ4v) is 4.48. The molecule has 0 aliphatic carbocycles. The van der Waals surface area contributed by atoms with Crippen LogP contribution in [-0.2, 0) is 19.6 Å². The Balaban J connectivity index is 1.54. The molecule has 0 saturated carbocycles. The summed E-state index contributed by atoms with van der Waals surface area (Å²) < 4.78 is 37.0. The lowest BCUT2D eigenvalue weighted by atomic mass is 10.2. The highest BCUT2D eigenvalue weighted by molar-refractivity contribution is 7.89. The third-order valence-electron chi connectivity index (χ3n) is 4.59. The van der Waals surface area contributed by atoms with Gasteiger partial charge in [0.1, 0.15) is 0 Å². The second-order valence-electron chi connectivity index (χ2n) is 6.81. The predicted molar refractivity (Wildman–Crippen MR) is 107 cm³/mol. The number of sulfonamides is 1. The first kappa shape index (κ1) is 21.9. The smallest absolute Gasteiger partial charge is 0.338 e. The van der Waals surface area contributed by atoms with Crippen molar-refractivity contribution in [2.24, 2.45) is 0 Å². The number of hydrogen-bond acceptors (Lipinski definition) is 8. The van der Waals surface area contributed by atoms with E-state index in [1.54, 1.807) is 19.9 Å². The molecule has 1 aliphatic heterocycles. The van der Waals surface area contributed by atoms with Crippen molar-refractivity contribution >= 4 is 27.8 Å². The summed E-state index contributed by atoms with van der Waals surface area (Å²) in [6, 6.07) is 7.31. The monoisotopic (exact) mass is 436 g/mol. The van der Waals surface area contributed by atoms with E-state index in [0.717, 1.165) is 0 Å². The average Bonchev–Trinajstić information content (AvgIpc) is 3.13. The van der Waals surface area contributed by atoms with Gasteiger partial charge < -0.3 is 9.26 Å². The topological polar surface area (TPSA) is 122 Å². The van der Waals surface area contributed by atoms with Gasteiger partial charge >= 0.3 is 5.97 Å². The van der Waals surface area contributed by atoms with Gasteiger partial charge in [0.25, 0.3) is 0 Å². The summed E-state index contributed by atoms with van der Waals surface area (Å²) in [5, 5.41) is 6.33. The number of piperazine rings is 1. The van der Waals surface area contributed by atoms with E-state index >= 15 is 0 Å². The maximum absolute atomic E-state index is 12.9. The molecule has 1 amide bonds. The van der Waals surface area contributed by atoms with Gasteiger partial charge in [0.2, 0.25) is 21.8 Å². The van der Waals surface area contributed by atoms with Crippen molar-refractivity contribution in [2.75, 3.05) is 44.6 Å². The van der Waals surface area contributed by atoms with Crippen LogP contribution in [0.5, 0.6) is 0 Å². The fraction of sp³-hybridized carbons (Fsp3) is 0.421. The lowest BCUT2D eigenvalue weighted by Gasteiger charge is -2.33. The highest BCUT2D eigenvalue weighted by Crippen LogP contribution is 2.19. The SMILES string of the molecule is CCOC(=O)c1ccc(S(=O)(=O)N2CCN(CC(=O)Nc3cc(C)no3)CC2)cc1. The molecule has 10 nitrogen and oxygen atoms in total. The van der Waals surface area contributed by atoms with Crippen LogP contribution < -0.4 is 5.32 Å². The summed E-state index contributed by atoms with van der Waals surface area (Å²) in [5.74, 6) is -0.462. The van der Waals surface area contributed by atoms with Crippen LogP contribution in [0.3, 0.4) is 0 Å². The Morgan fingerprint density at radius 3 is 2.40 bits per heavy atom. The van der Waals surface area contributed by atoms with Crippen LogP contribution in [0.1, 0.15) is 23.0 Å². The van der Waals surface area contributed by atoms with Crippen molar-refractivity contribution in [2.45, 2.75) is 18.7 Å². The van der Waals surface area contributed by atoms with E-state index in [-0.39, 0.29) is 42.9 Å². The molecule has 2 heterocycles. The average molecular weight is 436 g/mol. The van der Waals surface area contributed by atoms with Gasteiger partial charge in [0.15, 0.2) is 0 Å². The Morgan fingerprint density at radius 1 is 1.17 bits per heavy atom. The van der Waals surface area contributed by atoms with Crippen molar-refractivity contribution in [3.63, 3.8) is 0 Å². The van der Waals surface area contributed by atoms with Crippen molar-refractivity contribution < 1.29 is 27.3 Å². The van der Waals surface area contributed by atoms with E-state index in [2.05, 4.69) is 10.5 Å². The minimum atomic E-state index is -3.68. The first-order valence-corrected chi connectivity index (χ1v) is 11.0. The van der Waals surface area contributed by atoms with E-state index in [1.165, 1.54) is 28.6 Å². The zero-order valence-corrected chi connectivity index (χ0v) is 17.6. The van der Waals surface area contributed by atoms with E-state index in [9.17, 15) is 18.0 Å². The number of esters is 1. The van der Waals surface area contributed by atoms with Crippen LogP contribution in [0, 0.1) is 6.92 Å². The number of aryl methyl sites for hydroxylation is 1. The fourth-order valence-electron chi connectivity index (χ4n) is 3.06. The summed E-state index contributed by atoms with van der Waals surface area (Å²) in [6.45, 7) is 5.19. The first-order chi connectivity index (χ1) is 14.3. The molecule has 1 aliphatic rings. The Labute approximate surface area is 174 Å². The molecular weight excluding hydrogens is 412 g/mol. The third kappa shape index (κ3) is 5.23. The summed E-state index contributed by atoms with van der Waals surface area (Å²) in [7, 11) is -3.68. The van der Waals surface area contributed by atoms with Crippen molar-refractivity contribution in [3.05, 3.63) is 41.6 Å². The van der Waals surface area contributed by atoms with Gasteiger partial charge in [-0.2, -0.15) is 4.31 Å². The highest BCUT2D eigenvalue weighted by atomic mass is 32.2. The Kier molecular flexibility index (Phi) is 6.85. The number of rotatable bonds is 7. The molecular formula is C19H24N4O6S. The first-order valence-electron chi connectivity index (χ1n) is 9.52. The second kappa shape index (κ2) is 9.37. The van der Waals surface area contributed by atoms with Gasteiger partial charge in [0.05, 0.1) is 29.3 Å².